The maximum Gasteiger partial charge on any atom is 0.263 e. The minimum atomic E-state index is -3.92. The van der Waals surface area contributed by atoms with Gasteiger partial charge in [0.15, 0.2) is 17.3 Å². The molecule has 4 rings (SSSR count). The van der Waals surface area contributed by atoms with E-state index in [0.717, 1.165) is 40.9 Å². The largest absolute Gasteiger partial charge is 0.488 e. The van der Waals surface area contributed by atoms with Crippen molar-refractivity contribution in [2.24, 2.45) is 0 Å². The number of sulfonamides is 1. The standard InChI is InChI=1S/C31H37N3O5S/c1-7-12-25-18-28(30(37-9-3)21(5)32-25)38-19-23-15-16-26(24(8-2)17-23)27-13-10-11-14-29(27)40(35,36)34-31-20(4)22(6)39-33-31/h10-11,13-18H,7-9,12,19H2,1-6H3,(H,33,34). The average Bonchev–Trinajstić information content (AvgIpc) is 3.25. The number of ether oxygens (including phenoxy) is 2. The number of nitrogens with one attached hydrogen (secondary N) is 1. The Morgan fingerprint density at radius 2 is 1.73 bits per heavy atom. The Hall–Kier alpha value is -3.85. The van der Waals surface area contributed by atoms with Crippen LogP contribution in [0.3, 0.4) is 0 Å². The molecule has 2 heterocycles. The first-order chi connectivity index (χ1) is 19.2. The monoisotopic (exact) mass is 563 g/mol. The number of aromatic nitrogens is 2. The molecule has 2 aromatic carbocycles. The summed E-state index contributed by atoms with van der Waals surface area (Å²) in [5, 5.41) is 3.87. The van der Waals surface area contributed by atoms with Crippen LogP contribution in [0, 0.1) is 20.8 Å². The van der Waals surface area contributed by atoms with Crippen LogP contribution in [0.15, 0.2) is 57.9 Å². The molecule has 0 bridgehead atoms. The van der Waals surface area contributed by atoms with Gasteiger partial charge >= 0.3 is 0 Å². The highest BCUT2D eigenvalue weighted by atomic mass is 32.2. The van der Waals surface area contributed by atoms with Crippen molar-refractivity contribution in [1.82, 2.24) is 10.1 Å². The van der Waals surface area contributed by atoms with Gasteiger partial charge in [0.25, 0.3) is 10.0 Å². The van der Waals surface area contributed by atoms with Crippen LogP contribution in [0.2, 0.25) is 0 Å². The second-order valence-corrected chi connectivity index (χ2v) is 11.3. The van der Waals surface area contributed by atoms with Gasteiger partial charge in [-0.3, -0.25) is 9.71 Å². The normalized spacial score (nSPS) is 11.4. The van der Waals surface area contributed by atoms with Crippen molar-refractivity contribution < 1.29 is 22.4 Å². The SMILES string of the molecule is CCCc1cc(OCc2ccc(-c3ccccc3S(=O)(=O)Nc3noc(C)c3C)c(CC)c2)c(OCC)c(C)n1. The zero-order valence-electron chi connectivity index (χ0n) is 24.0. The molecular formula is C31H37N3O5S. The first-order valence-corrected chi connectivity index (χ1v) is 15.1. The zero-order chi connectivity index (χ0) is 28.9. The molecule has 40 heavy (non-hydrogen) atoms. The van der Waals surface area contributed by atoms with Crippen LogP contribution >= 0.6 is 0 Å². The third-order valence-corrected chi connectivity index (χ3v) is 8.15. The van der Waals surface area contributed by atoms with Crippen molar-refractivity contribution in [3.63, 3.8) is 0 Å². The van der Waals surface area contributed by atoms with Crippen LogP contribution in [0.4, 0.5) is 5.82 Å². The first kappa shape index (κ1) is 29.1. The van der Waals surface area contributed by atoms with E-state index in [0.29, 0.717) is 48.0 Å². The van der Waals surface area contributed by atoms with Crippen LogP contribution in [0.5, 0.6) is 11.5 Å². The van der Waals surface area contributed by atoms with E-state index >= 15 is 0 Å². The van der Waals surface area contributed by atoms with Crippen molar-refractivity contribution in [3.8, 4) is 22.6 Å². The van der Waals surface area contributed by atoms with Crippen LogP contribution < -0.4 is 14.2 Å². The van der Waals surface area contributed by atoms with Gasteiger partial charge in [-0.15, -0.1) is 0 Å². The van der Waals surface area contributed by atoms with Crippen LogP contribution in [-0.2, 0) is 29.5 Å². The van der Waals surface area contributed by atoms with E-state index in [9.17, 15) is 8.42 Å². The second kappa shape index (κ2) is 12.6. The average molecular weight is 564 g/mol. The molecule has 0 spiro atoms. The summed E-state index contributed by atoms with van der Waals surface area (Å²) in [5.74, 6) is 2.10. The van der Waals surface area contributed by atoms with Crippen LogP contribution in [0.25, 0.3) is 11.1 Å². The molecule has 0 saturated carbocycles. The molecule has 0 aliphatic rings. The Kier molecular flexibility index (Phi) is 9.14. The van der Waals surface area contributed by atoms with Crippen LogP contribution in [-0.4, -0.2) is 25.2 Å². The predicted octanol–water partition coefficient (Wildman–Crippen LogP) is 6.96. The van der Waals surface area contributed by atoms with Crippen molar-refractivity contribution in [1.29, 1.82) is 0 Å². The number of hydrogen-bond donors (Lipinski definition) is 1. The van der Waals surface area contributed by atoms with E-state index < -0.39 is 10.0 Å². The molecule has 2 aromatic heterocycles. The van der Waals surface area contributed by atoms with Gasteiger partial charge in [0, 0.05) is 22.9 Å². The number of rotatable bonds is 12. The second-order valence-electron chi connectivity index (χ2n) is 9.66. The molecule has 0 radical (unpaired) electrons. The molecule has 1 N–H and O–H groups in total. The zero-order valence-corrected chi connectivity index (χ0v) is 24.8. The molecule has 9 heteroatoms. The van der Waals surface area contributed by atoms with Crippen LogP contribution in [0.1, 0.15) is 61.0 Å². The highest BCUT2D eigenvalue weighted by molar-refractivity contribution is 7.92. The molecule has 8 nitrogen and oxygen atoms in total. The Morgan fingerprint density at radius 1 is 0.950 bits per heavy atom. The Balaban J connectivity index is 1.64. The van der Waals surface area contributed by atoms with Crippen molar-refractivity contribution in [2.45, 2.75) is 72.3 Å². The van der Waals surface area contributed by atoms with E-state index in [1.807, 2.05) is 44.2 Å². The summed E-state index contributed by atoms with van der Waals surface area (Å²) in [4.78, 5) is 4.83. The van der Waals surface area contributed by atoms with E-state index in [1.165, 1.54) is 0 Å². The minimum Gasteiger partial charge on any atom is -0.488 e. The van der Waals surface area contributed by atoms with Gasteiger partial charge in [-0.2, -0.15) is 0 Å². The van der Waals surface area contributed by atoms with E-state index in [4.69, 9.17) is 14.0 Å². The van der Waals surface area contributed by atoms with Crippen molar-refractivity contribution in [2.75, 3.05) is 11.3 Å². The molecule has 0 aliphatic heterocycles. The topological polar surface area (TPSA) is 104 Å². The Bertz CT molecular complexity index is 1590. The lowest BCUT2D eigenvalue weighted by Gasteiger charge is -2.17. The third kappa shape index (κ3) is 6.31. The maximum absolute atomic E-state index is 13.4. The summed E-state index contributed by atoms with van der Waals surface area (Å²) < 4.78 is 46.7. The van der Waals surface area contributed by atoms with Gasteiger partial charge < -0.3 is 14.0 Å². The molecular weight excluding hydrogens is 526 g/mol. The maximum atomic E-state index is 13.4. The van der Waals surface area contributed by atoms with Crippen molar-refractivity contribution in [3.05, 3.63) is 82.4 Å². The molecule has 0 saturated heterocycles. The van der Waals surface area contributed by atoms with Gasteiger partial charge in [-0.25, -0.2) is 8.42 Å². The highest BCUT2D eigenvalue weighted by Crippen LogP contribution is 2.34. The van der Waals surface area contributed by atoms with Crippen molar-refractivity contribution >= 4 is 15.8 Å². The molecule has 4 aromatic rings. The Morgan fingerprint density at radius 3 is 2.40 bits per heavy atom. The van der Waals surface area contributed by atoms with E-state index in [1.54, 1.807) is 26.0 Å². The molecule has 0 aliphatic carbocycles. The summed E-state index contributed by atoms with van der Waals surface area (Å²) >= 11 is 0. The molecule has 0 unspecified atom stereocenters. The molecule has 0 amide bonds. The number of anilines is 1. The highest BCUT2D eigenvalue weighted by Gasteiger charge is 2.23. The minimum absolute atomic E-state index is 0.172. The smallest absolute Gasteiger partial charge is 0.263 e. The molecule has 0 atom stereocenters. The lowest BCUT2D eigenvalue weighted by Crippen LogP contribution is -2.15. The summed E-state index contributed by atoms with van der Waals surface area (Å²) in [5.41, 5.74) is 5.89. The third-order valence-electron chi connectivity index (χ3n) is 6.76. The van der Waals surface area contributed by atoms with Gasteiger partial charge in [0.2, 0.25) is 0 Å². The summed E-state index contributed by atoms with van der Waals surface area (Å²) in [6.07, 6.45) is 2.57. The first-order valence-electron chi connectivity index (χ1n) is 13.6. The summed E-state index contributed by atoms with van der Waals surface area (Å²) in [6.45, 7) is 12.4. The number of pyridine rings is 1. The van der Waals surface area contributed by atoms with Gasteiger partial charge in [-0.1, -0.05) is 61.8 Å². The Labute approximate surface area is 236 Å². The predicted molar refractivity (Wildman–Crippen MR) is 157 cm³/mol. The lowest BCUT2D eigenvalue weighted by molar-refractivity contribution is 0.266. The molecule has 0 fully saturated rings. The van der Waals surface area contributed by atoms with Gasteiger partial charge in [0.05, 0.1) is 17.2 Å². The van der Waals surface area contributed by atoms with E-state index in [2.05, 4.69) is 34.8 Å². The van der Waals surface area contributed by atoms with Gasteiger partial charge in [-0.05, 0) is 63.3 Å². The summed E-state index contributed by atoms with van der Waals surface area (Å²) in [6, 6.07) is 14.9. The number of hydrogen-bond acceptors (Lipinski definition) is 7. The number of aryl methyl sites for hydroxylation is 4. The fourth-order valence-corrected chi connectivity index (χ4v) is 5.86. The number of nitrogens with zero attached hydrogens (tertiary/aromatic N) is 2. The summed E-state index contributed by atoms with van der Waals surface area (Å²) in [7, 11) is -3.92. The fraction of sp³-hybridized carbons (Fsp3) is 0.355. The van der Waals surface area contributed by atoms with E-state index in [-0.39, 0.29) is 10.7 Å². The number of benzene rings is 2. The quantitative estimate of drug-likeness (QED) is 0.199. The lowest BCUT2D eigenvalue weighted by atomic mass is 9.96. The molecule has 212 valence electrons. The fourth-order valence-electron chi connectivity index (χ4n) is 4.58. The van der Waals surface area contributed by atoms with Gasteiger partial charge in [0.1, 0.15) is 12.4 Å².